The van der Waals surface area contributed by atoms with Crippen molar-refractivity contribution in [3.8, 4) is 0 Å². The van der Waals surface area contributed by atoms with Crippen molar-refractivity contribution in [2.75, 3.05) is 18.0 Å². The minimum atomic E-state index is 0.0947. The largest absolute Gasteiger partial charge is 0.356 e. The molecule has 0 aromatic carbocycles. The van der Waals surface area contributed by atoms with Crippen molar-refractivity contribution in [1.29, 1.82) is 0 Å². The van der Waals surface area contributed by atoms with Gasteiger partial charge in [-0.25, -0.2) is 4.98 Å². The summed E-state index contributed by atoms with van der Waals surface area (Å²) >= 11 is 0. The third kappa shape index (κ3) is 2.55. The molecule has 1 fully saturated rings. The minimum Gasteiger partial charge on any atom is -0.356 e. The van der Waals surface area contributed by atoms with Gasteiger partial charge in [-0.15, -0.1) is 0 Å². The van der Waals surface area contributed by atoms with Gasteiger partial charge in [0.05, 0.1) is 5.56 Å². The second-order valence-electron chi connectivity index (χ2n) is 6.23. The van der Waals surface area contributed by atoms with E-state index >= 15 is 0 Å². The Kier molecular flexibility index (Phi) is 3.42. The predicted molar refractivity (Wildman–Crippen MR) is 74.0 cm³/mol. The molecule has 0 radical (unpaired) electrons. The molecule has 18 heavy (non-hydrogen) atoms. The van der Waals surface area contributed by atoms with Gasteiger partial charge in [-0.05, 0) is 36.8 Å². The molecule has 0 N–H and O–H groups in total. The molecule has 1 aliphatic rings. The standard InChI is InChI=1S/C15H22N2O/c1-11(18)13-6-5-8-16-14(13)17-9-7-12(10-17)15(2,3)4/h5-6,8,12H,7,9-10H2,1-4H3. The normalized spacial score (nSPS) is 20.2. The Morgan fingerprint density at radius 3 is 2.72 bits per heavy atom. The van der Waals surface area contributed by atoms with Crippen molar-refractivity contribution < 1.29 is 4.79 Å². The third-order valence-corrected chi connectivity index (χ3v) is 3.88. The lowest BCUT2D eigenvalue weighted by atomic mass is 9.80. The molecule has 0 amide bonds. The van der Waals surface area contributed by atoms with E-state index in [0.717, 1.165) is 24.5 Å². The number of nitrogens with zero attached hydrogens (tertiary/aromatic N) is 2. The highest BCUT2D eigenvalue weighted by Gasteiger charge is 2.33. The van der Waals surface area contributed by atoms with Gasteiger partial charge < -0.3 is 4.90 Å². The predicted octanol–water partition coefficient (Wildman–Crippen LogP) is 3.16. The van der Waals surface area contributed by atoms with E-state index in [1.807, 2.05) is 12.1 Å². The first-order chi connectivity index (χ1) is 8.39. The molecule has 3 heteroatoms. The van der Waals surface area contributed by atoms with E-state index in [0.29, 0.717) is 11.3 Å². The summed E-state index contributed by atoms with van der Waals surface area (Å²) in [5.41, 5.74) is 1.06. The zero-order valence-corrected chi connectivity index (χ0v) is 11.7. The van der Waals surface area contributed by atoms with Crippen LogP contribution in [0.2, 0.25) is 0 Å². The van der Waals surface area contributed by atoms with Crippen LogP contribution < -0.4 is 4.90 Å². The minimum absolute atomic E-state index is 0.0947. The smallest absolute Gasteiger partial charge is 0.163 e. The van der Waals surface area contributed by atoms with Crippen molar-refractivity contribution in [1.82, 2.24) is 4.98 Å². The Balaban J connectivity index is 2.22. The number of Topliss-reactive ketones (excluding diaryl/α,β-unsaturated/α-hetero) is 1. The quantitative estimate of drug-likeness (QED) is 0.752. The van der Waals surface area contributed by atoms with Gasteiger partial charge in [-0.1, -0.05) is 20.8 Å². The van der Waals surface area contributed by atoms with Crippen LogP contribution in [0.3, 0.4) is 0 Å². The van der Waals surface area contributed by atoms with Crippen LogP contribution in [0.5, 0.6) is 0 Å². The average Bonchev–Trinajstić information content (AvgIpc) is 2.77. The molecule has 0 bridgehead atoms. The van der Waals surface area contributed by atoms with Crippen LogP contribution in [0.15, 0.2) is 18.3 Å². The lowest BCUT2D eigenvalue weighted by molar-refractivity contribution is 0.101. The molecule has 1 atom stereocenters. The first-order valence-electron chi connectivity index (χ1n) is 6.60. The second-order valence-corrected chi connectivity index (χ2v) is 6.23. The maximum absolute atomic E-state index is 11.6. The fourth-order valence-corrected chi connectivity index (χ4v) is 2.58. The van der Waals surface area contributed by atoms with E-state index in [1.54, 1.807) is 13.1 Å². The van der Waals surface area contributed by atoms with E-state index in [2.05, 4.69) is 30.7 Å². The van der Waals surface area contributed by atoms with E-state index in [1.165, 1.54) is 6.42 Å². The van der Waals surface area contributed by atoms with Crippen molar-refractivity contribution in [3.63, 3.8) is 0 Å². The number of anilines is 1. The Labute approximate surface area is 109 Å². The molecule has 2 rings (SSSR count). The maximum atomic E-state index is 11.6. The van der Waals surface area contributed by atoms with Gasteiger partial charge in [0, 0.05) is 19.3 Å². The number of pyridine rings is 1. The molecule has 1 aromatic rings. The number of rotatable bonds is 2. The number of carbonyl (C=O) groups excluding carboxylic acids is 1. The van der Waals surface area contributed by atoms with E-state index in [-0.39, 0.29) is 5.78 Å². The summed E-state index contributed by atoms with van der Waals surface area (Å²) < 4.78 is 0. The summed E-state index contributed by atoms with van der Waals surface area (Å²) in [6.07, 6.45) is 2.95. The Morgan fingerprint density at radius 2 is 2.17 bits per heavy atom. The van der Waals surface area contributed by atoms with Crippen molar-refractivity contribution in [2.24, 2.45) is 11.3 Å². The number of hydrogen-bond donors (Lipinski definition) is 0. The fourth-order valence-electron chi connectivity index (χ4n) is 2.58. The SMILES string of the molecule is CC(=O)c1cccnc1N1CCC(C(C)(C)C)C1. The van der Waals surface area contributed by atoms with Gasteiger partial charge in [-0.3, -0.25) is 4.79 Å². The van der Waals surface area contributed by atoms with E-state index in [4.69, 9.17) is 0 Å². The molecular formula is C15H22N2O. The molecular weight excluding hydrogens is 224 g/mol. The van der Waals surface area contributed by atoms with Gasteiger partial charge in [0.1, 0.15) is 5.82 Å². The van der Waals surface area contributed by atoms with Crippen molar-refractivity contribution in [3.05, 3.63) is 23.9 Å². The Hall–Kier alpha value is -1.38. The number of ketones is 1. The fraction of sp³-hybridized carbons (Fsp3) is 0.600. The lowest BCUT2D eigenvalue weighted by Gasteiger charge is -2.27. The molecule has 1 saturated heterocycles. The molecule has 3 nitrogen and oxygen atoms in total. The van der Waals surface area contributed by atoms with Crippen LogP contribution in [0.4, 0.5) is 5.82 Å². The molecule has 1 aliphatic heterocycles. The van der Waals surface area contributed by atoms with Gasteiger partial charge in [0.25, 0.3) is 0 Å². The second kappa shape index (κ2) is 4.71. The maximum Gasteiger partial charge on any atom is 0.163 e. The van der Waals surface area contributed by atoms with Crippen LogP contribution in [-0.2, 0) is 0 Å². The highest BCUT2D eigenvalue weighted by Crippen LogP contribution is 2.35. The lowest BCUT2D eigenvalue weighted by Crippen LogP contribution is -2.27. The van der Waals surface area contributed by atoms with Crippen molar-refractivity contribution >= 4 is 11.6 Å². The molecule has 0 aliphatic carbocycles. The first kappa shape index (κ1) is 13.1. The van der Waals surface area contributed by atoms with Crippen LogP contribution in [0.1, 0.15) is 44.5 Å². The van der Waals surface area contributed by atoms with Gasteiger partial charge in [0.15, 0.2) is 5.78 Å². The number of aromatic nitrogens is 1. The van der Waals surface area contributed by atoms with Gasteiger partial charge >= 0.3 is 0 Å². The summed E-state index contributed by atoms with van der Waals surface area (Å²) in [6, 6.07) is 3.70. The topological polar surface area (TPSA) is 33.2 Å². The van der Waals surface area contributed by atoms with Crippen LogP contribution in [0, 0.1) is 11.3 Å². The van der Waals surface area contributed by atoms with E-state index < -0.39 is 0 Å². The van der Waals surface area contributed by atoms with Crippen molar-refractivity contribution in [2.45, 2.75) is 34.1 Å². The van der Waals surface area contributed by atoms with E-state index in [9.17, 15) is 4.79 Å². The monoisotopic (exact) mass is 246 g/mol. The Bertz CT molecular complexity index is 448. The third-order valence-electron chi connectivity index (χ3n) is 3.88. The van der Waals surface area contributed by atoms with Gasteiger partial charge in [-0.2, -0.15) is 0 Å². The summed E-state index contributed by atoms with van der Waals surface area (Å²) in [6.45, 7) is 10.5. The molecule has 0 saturated carbocycles. The molecule has 2 heterocycles. The Morgan fingerprint density at radius 1 is 1.44 bits per heavy atom. The number of carbonyl (C=O) groups is 1. The zero-order valence-electron chi connectivity index (χ0n) is 11.7. The zero-order chi connectivity index (χ0) is 13.3. The molecule has 98 valence electrons. The van der Waals surface area contributed by atoms with Crippen LogP contribution >= 0.6 is 0 Å². The summed E-state index contributed by atoms with van der Waals surface area (Å²) in [7, 11) is 0. The highest BCUT2D eigenvalue weighted by atomic mass is 16.1. The highest BCUT2D eigenvalue weighted by molar-refractivity contribution is 5.98. The van der Waals surface area contributed by atoms with Crippen LogP contribution in [-0.4, -0.2) is 23.9 Å². The molecule has 1 unspecified atom stereocenters. The number of hydrogen-bond acceptors (Lipinski definition) is 3. The molecule has 1 aromatic heterocycles. The van der Waals surface area contributed by atoms with Gasteiger partial charge in [0.2, 0.25) is 0 Å². The molecule has 0 spiro atoms. The van der Waals surface area contributed by atoms with Crippen LogP contribution in [0.25, 0.3) is 0 Å². The summed E-state index contributed by atoms with van der Waals surface area (Å²) in [4.78, 5) is 18.3. The average molecular weight is 246 g/mol. The first-order valence-corrected chi connectivity index (χ1v) is 6.60. The summed E-state index contributed by atoms with van der Waals surface area (Å²) in [5.74, 6) is 1.62. The summed E-state index contributed by atoms with van der Waals surface area (Å²) in [5, 5.41) is 0.